The van der Waals surface area contributed by atoms with E-state index in [0.29, 0.717) is 30.8 Å². The van der Waals surface area contributed by atoms with Gasteiger partial charge in [0.05, 0.1) is 18.9 Å². The number of carbonyl (C=O) groups excluding carboxylic acids is 1. The first-order chi connectivity index (χ1) is 11.6. The number of likely N-dealkylation sites (tertiary alicyclic amines) is 1. The Morgan fingerprint density at radius 3 is 2.92 bits per heavy atom. The predicted molar refractivity (Wildman–Crippen MR) is 88.9 cm³/mol. The number of ether oxygens (including phenoxy) is 1. The van der Waals surface area contributed by atoms with Crippen molar-refractivity contribution in [3.63, 3.8) is 0 Å². The maximum Gasteiger partial charge on any atom is 0.254 e. The number of carbonyl (C=O) groups is 1. The van der Waals surface area contributed by atoms with E-state index < -0.39 is 6.10 Å². The molecule has 6 heteroatoms. The van der Waals surface area contributed by atoms with Crippen LogP contribution in [-0.2, 0) is 6.42 Å². The largest absolute Gasteiger partial charge is 0.496 e. The lowest BCUT2D eigenvalue weighted by molar-refractivity contribution is 0.0764. The van der Waals surface area contributed by atoms with Crippen LogP contribution >= 0.6 is 0 Å². The molecule has 3 rings (SSSR count). The van der Waals surface area contributed by atoms with E-state index in [1.807, 2.05) is 13.0 Å². The van der Waals surface area contributed by atoms with Gasteiger partial charge in [0.2, 0.25) is 0 Å². The molecule has 24 heavy (non-hydrogen) atoms. The quantitative estimate of drug-likeness (QED) is 0.920. The average Bonchev–Trinajstić information content (AvgIpc) is 2.96. The summed E-state index contributed by atoms with van der Waals surface area (Å²) >= 11 is 0. The Morgan fingerprint density at radius 2 is 2.21 bits per heavy atom. The third-order valence-electron chi connectivity index (χ3n) is 4.44. The number of nitrogens with zero attached hydrogens (tertiary/aromatic N) is 3. The number of hydrogen-bond acceptors (Lipinski definition) is 5. The van der Waals surface area contributed by atoms with Crippen LogP contribution < -0.4 is 4.74 Å². The number of aryl methyl sites for hydroxylation is 1. The minimum Gasteiger partial charge on any atom is -0.496 e. The Labute approximate surface area is 141 Å². The minimum atomic E-state index is -0.552. The normalized spacial score (nSPS) is 20.2. The molecule has 6 nitrogen and oxygen atoms in total. The molecule has 0 bridgehead atoms. The summed E-state index contributed by atoms with van der Waals surface area (Å²) < 4.78 is 5.28. The zero-order valence-electron chi connectivity index (χ0n) is 13.8. The monoisotopic (exact) mass is 327 g/mol. The molecule has 1 aliphatic heterocycles. The fourth-order valence-corrected chi connectivity index (χ4v) is 3.06. The molecule has 1 fully saturated rings. The Bertz CT molecular complexity index is 721. The fourth-order valence-electron chi connectivity index (χ4n) is 3.06. The number of benzene rings is 1. The third kappa shape index (κ3) is 3.38. The number of aliphatic hydroxyl groups is 1. The molecule has 1 saturated heterocycles. The summed E-state index contributed by atoms with van der Waals surface area (Å²) in [5.74, 6) is 0.573. The second-order valence-corrected chi connectivity index (χ2v) is 6.12. The van der Waals surface area contributed by atoms with Crippen molar-refractivity contribution in [2.24, 2.45) is 5.92 Å². The van der Waals surface area contributed by atoms with Crippen molar-refractivity contribution in [1.82, 2.24) is 14.9 Å². The highest BCUT2D eigenvalue weighted by Gasteiger charge is 2.34. The molecule has 0 aliphatic carbocycles. The van der Waals surface area contributed by atoms with Crippen LogP contribution in [0.3, 0.4) is 0 Å². The molecular formula is C18H21N3O3. The molecule has 1 amide bonds. The molecule has 0 radical (unpaired) electrons. The molecule has 2 aromatic rings. The molecule has 126 valence electrons. The van der Waals surface area contributed by atoms with E-state index in [0.717, 1.165) is 11.3 Å². The van der Waals surface area contributed by atoms with Gasteiger partial charge in [-0.3, -0.25) is 14.8 Å². The number of hydrogen-bond donors (Lipinski definition) is 1. The highest BCUT2D eigenvalue weighted by molar-refractivity contribution is 5.95. The second kappa shape index (κ2) is 6.97. The van der Waals surface area contributed by atoms with Crippen LogP contribution in [0.5, 0.6) is 5.75 Å². The van der Waals surface area contributed by atoms with Gasteiger partial charge in [-0.15, -0.1) is 0 Å². The zero-order valence-corrected chi connectivity index (χ0v) is 13.8. The maximum atomic E-state index is 12.7. The molecule has 2 heterocycles. The topological polar surface area (TPSA) is 75.5 Å². The number of methoxy groups -OCH3 is 1. The van der Waals surface area contributed by atoms with Crippen LogP contribution in [0.1, 0.15) is 21.6 Å². The summed E-state index contributed by atoms with van der Waals surface area (Å²) in [5.41, 5.74) is 2.38. The average molecular weight is 327 g/mol. The number of aliphatic hydroxyl groups excluding tert-OH is 1. The van der Waals surface area contributed by atoms with E-state index in [4.69, 9.17) is 4.74 Å². The molecule has 2 atom stereocenters. The van der Waals surface area contributed by atoms with Gasteiger partial charge in [-0.25, -0.2) is 0 Å². The highest BCUT2D eigenvalue weighted by atomic mass is 16.5. The Morgan fingerprint density at radius 1 is 1.38 bits per heavy atom. The van der Waals surface area contributed by atoms with Crippen molar-refractivity contribution in [3.05, 3.63) is 53.6 Å². The first kappa shape index (κ1) is 16.4. The Kier molecular flexibility index (Phi) is 4.76. The van der Waals surface area contributed by atoms with Crippen molar-refractivity contribution in [2.45, 2.75) is 19.4 Å². The molecule has 1 N–H and O–H groups in total. The highest BCUT2D eigenvalue weighted by Crippen LogP contribution is 2.25. The van der Waals surface area contributed by atoms with Crippen LogP contribution in [0, 0.1) is 12.8 Å². The van der Waals surface area contributed by atoms with Gasteiger partial charge in [0.15, 0.2) is 0 Å². The van der Waals surface area contributed by atoms with Gasteiger partial charge in [0, 0.05) is 43.2 Å². The van der Waals surface area contributed by atoms with Crippen molar-refractivity contribution in [1.29, 1.82) is 0 Å². The van der Waals surface area contributed by atoms with E-state index in [-0.39, 0.29) is 11.8 Å². The lowest BCUT2D eigenvalue weighted by Crippen LogP contribution is -2.29. The third-order valence-corrected chi connectivity index (χ3v) is 4.44. The van der Waals surface area contributed by atoms with Crippen LogP contribution in [0.4, 0.5) is 0 Å². The van der Waals surface area contributed by atoms with Crippen LogP contribution in [0.2, 0.25) is 0 Å². The van der Waals surface area contributed by atoms with Gasteiger partial charge in [0.1, 0.15) is 5.75 Å². The molecule has 0 unspecified atom stereocenters. The minimum absolute atomic E-state index is 0.0296. The molecule has 1 aromatic carbocycles. The molecule has 1 aliphatic rings. The Hall–Kier alpha value is -2.47. The number of aromatic nitrogens is 2. The fraction of sp³-hybridized carbons (Fsp3) is 0.389. The van der Waals surface area contributed by atoms with Gasteiger partial charge in [-0.1, -0.05) is 6.07 Å². The predicted octanol–water partition coefficient (Wildman–Crippen LogP) is 1.47. The summed E-state index contributed by atoms with van der Waals surface area (Å²) in [5, 5.41) is 10.3. The number of β-amino-alcohol motifs (C(OH)–C–C–N with tert-alkyl or cyclic N) is 1. The first-order valence-corrected chi connectivity index (χ1v) is 7.95. The zero-order chi connectivity index (χ0) is 17.1. The molecular weight excluding hydrogens is 306 g/mol. The lowest BCUT2D eigenvalue weighted by Gasteiger charge is -2.17. The number of rotatable bonds is 4. The molecule has 1 aromatic heterocycles. The van der Waals surface area contributed by atoms with Gasteiger partial charge >= 0.3 is 0 Å². The van der Waals surface area contributed by atoms with Crippen molar-refractivity contribution in [2.75, 3.05) is 20.2 Å². The van der Waals surface area contributed by atoms with Crippen LogP contribution in [-0.4, -0.2) is 52.2 Å². The van der Waals surface area contributed by atoms with Gasteiger partial charge in [-0.2, -0.15) is 0 Å². The van der Waals surface area contributed by atoms with E-state index in [1.165, 1.54) is 0 Å². The standard InChI is InChI=1S/C18H21N3O3/c1-12-3-4-13(8-17(12)24-2)18(23)21-10-14(16(22)11-21)7-15-9-19-5-6-20-15/h3-6,8-9,14,16,22H,7,10-11H2,1-2H3/t14-,16-/m1/s1. The molecule has 0 spiro atoms. The van der Waals surface area contributed by atoms with Crippen LogP contribution in [0.25, 0.3) is 0 Å². The SMILES string of the molecule is COc1cc(C(=O)N2C[C@@H](Cc3cnccn3)[C@H](O)C2)ccc1C. The van der Waals surface area contributed by atoms with Gasteiger partial charge in [0.25, 0.3) is 5.91 Å². The summed E-state index contributed by atoms with van der Waals surface area (Å²) in [4.78, 5) is 22.7. The smallest absolute Gasteiger partial charge is 0.254 e. The second-order valence-electron chi connectivity index (χ2n) is 6.12. The van der Waals surface area contributed by atoms with Crippen molar-refractivity contribution in [3.8, 4) is 5.75 Å². The summed E-state index contributed by atoms with van der Waals surface area (Å²) in [6, 6.07) is 5.41. The van der Waals surface area contributed by atoms with E-state index in [1.54, 1.807) is 42.7 Å². The van der Waals surface area contributed by atoms with E-state index >= 15 is 0 Å². The number of amides is 1. The summed E-state index contributed by atoms with van der Waals surface area (Å²) in [6.45, 7) is 2.77. The van der Waals surface area contributed by atoms with Crippen LogP contribution in [0.15, 0.2) is 36.8 Å². The summed E-state index contributed by atoms with van der Waals surface area (Å²) in [7, 11) is 1.59. The Balaban J connectivity index is 1.71. The molecule has 0 saturated carbocycles. The maximum absolute atomic E-state index is 12.7. The van der Waals surface area contributed by atoms with Gasteiger partial charge < -0.3 is 14.7 Å². The van der Waals surface area contributed by atoms with Crippen molar-refractivity contribution >= 4 is 5.91 Å². The van der Waals surface area contributed by atoms with E-state index in [9.17, 15) is 9.90 Å². The van der Waals surface area contributed by atoms with E-state index in [2.05, 4.69) is 9.97 Å². The first-order valence-electron chi connectivity index (χ1n) is 7.95. The van der Waals surface area contributed by atoms with Gasteiger partial charge in [-0.05, 0) is 31.0 Å². The lowest BCUT2D eigenvalue weighted by atomic mass is 10.0. The van der Waals surface area contributed by atoms with Crippen molar-refractivity contribution < 1.29 is 14.6 Å². The summed E-state index contributed by atoms with van der Waals surface area (Å²) in [6.07, 6.45) is 5.01.